The minimum atomic E-state index is 0.659. The number of aliphatic imine (C=N–C) groups is 1. The zero-order valence-electron chi connectivity index (χ0n) is 10.1. The number of nitrogens with zero attached hydrogens (tertiary/aromatic N) is 1. The molecule has 2 heteroatoms. The van der Waals surface area contributed by atoms with Gasteiger partial charge in [0.1, 0.15) is 0 Å². The largest absolute Gasteiger partial charge is 0.399 e. The van der Waals surface area contributed by atoms with Crippen LogP contribution in [0.2, 0.25) is 0 Å². The summed E-state index contributed by atoms with van der Waals surface area (Å²) >= 11 is 0. The van der Waals surface area contributed by atoms with Crippen LogP contribution in [0.3, 0.4) is 0 Å². The summed E-state index contributed by atoms with van der Waals surface area (Å²) in [5.41, 5.74) is 8.41. The Morgan fingerprint density at radius 1 is 1.27 bits per heavy atom. The zero-order valence-corrected chi connectivity index (χ0v) is 10.1. The molecule has 2 nitrogen and oxygen atoms in total. The number of hydrogen-bond acceptors (Lipinski definition) is 2. The standard InChI is InChI=1S/C11H16N2.C2H6/c1-5-10(11(12)6-2)7-9(3)8-13-4;1-2/h5-6,8H,1-2,4,7,12H2,3H3;1-2H3/b9-8+,11-10-;. The maximum absolute atomic E-state index is 5.69. The third-order valence-electron chi connectivity index (χ3n) is 1.62. The molecule has 0 spiro atoms. The lowest BCUT2D eigenvalue weighted by Crippen LogP contribution is -1.98. The van der Waals surface area contributed by atoms with Crippen LogP contribution in [0.1, 0.15) is 27.2 Å². The molecule has 2 N–H and O–H groups in total. The topological polar surface area (TPSA) is 38.4 Å². The first kappa shape index (κ1) is 15.9. The number of allylic oxidation sites excluding steroid dienone is 4. The van der Waals surface area contributed by atoms with E-state index < -0.39 is 0 Å². The van der Waals surface area contributed by atoms with Gasteiger partial charge < -0.3 is 5.73 Å². The molecule has 0 aromatic heterocycles. The molecule has 84 valence electrons. The fourth-order valence-corrected chi connectivity index (χ4v) is 0.925. The normalized spacial score (nSPS) is 11.8. The lowest BCUT2D eigenvalue weighted by atomic mass is 10.1. The molecule has 0 atom stereocenters. The molecule has 0 aromatic carbocycles. The van der Waals surface area contributed by atoms with Crippen molar-refractivity contribution in [1.82, 2.24) is 0 Å². The van der Waals surface area contributed by atoms with E-state index in [2.05, 4.69) is 24.9 Å². The number of rotatable bonds is 5. The van der Waals surface area contributed by atoms with Crippen LogP contribution >= 0.6 is 0 Å². The lowest BCUT2D eigenvalue weighted by molar-refractivity contribution is 1.11. The van der Waals surface area contributed by atoms with Crippen LogP contribution in [0.25, 0.3) is 0 Å². The van der Waals surface area contributed by atoms with E-state index in [9.17, 15) is 0 Å². The summed E-state index contributed by atoms with van der Waals surface area (Å²) in [7, 11) is 0. The fraction of sp³-hybridized carbons (Fsp3) is 0.308. The van der Waals surface area contributed by atoms with Crippen molar-refractivity contribution in [2.24, 2.45) is 10.7 Å². The summed E-state index contributed by atoms with van der Waals surface area (Å²) in [6.45, 7) is 16.6. The average molecular weight is 206 g/mol. The molecule has 15 heavy (non-hydrogen) atoms. The van der Waals surface area contributed by atoms with Crippen LogP contribution in [0.4, 0.5) is 0 Å². The summed E-state index contributed by atoms with van der Waals surface area (Å²) in [6, 6.07) is 0. The van der Waals surface area contributed by atoms with E-state index in [0.717, 1.165) is 17.6 Å². The van der Waals surface area contributed by atoms with Crippen molar-refractivity contribution in [2.75, 3.05) is 0 Å². The van der Waals surface area contributed by atoms with Gasteiger partial charge in [-0.2, -0.15) is 0 Å². The van der Waals surface area contributed by atoms with Gasteiger partial charge in [-0.1, -0.05) is 38.7 Å². The molecule has 0 aromatic rings. The monoisotopic (exact) mass is 206 g/mol. The van der Waals surface area contributed by atoms with Crippen molar-refractivity contribution in [3.05, 3.63) is 48.4 Å². The Morgan fingerprint density at radius 2 is 1.80 bits per heavy atom. The summed E-state index contributed by atoms with van der Waals surface area (Å²) in [5, 5.41) is 0. The van der Waals surface area contributed by atoms with Gasteiger partial charge in [-0.25, -0.2) is 0 Å². The molecule has 0 rings (SSSR count). The molecule has 0 aliphatic heterocycles. The van der Waals surface area contributed by atoms with Crippen LogP contribution in [0.15, 0.2) is 53.3 Å². The summed E-state index contributed by atoms with van der Waals surface area (Å²) < 4.78 is 0. The first-order valence-electron chi connectivity index (χ1n) is 5.00. The van der Waals surface area contributed by atoms with Gasteiger partial charge in [-0.15, -0.1) is 0 Å². The zero-order chi connectivity index (χ0) is 12.3. The highest BCUT2D eigenvalue weighted by Crippen LogP contribution is 2.13. The van der Waals surface area contributed by atoms with Crippen LogP contribution in [-0.2, 0) is 0 Å². The Morgan fingerprint density at radius 3 is 2.13 bits per heavy atom. The quantitative estimate of drug-likeness (QED) is 0.542. The molecule has 0 heterocycles. The second-order valence-corrected chi connectivity index (χ2v) is 2.72. The molecule has 0 aliphatic rings. The molecule has 0 amide bonds. The van der Waals surface area contributed by atoms with E-state index in [0.29, 0.717) is 5.70 Å². The van der Waals surface area contributed by atoms with Gasteiger partial charge in [-0.3, -0.25) is 4.99 Å². The van der Waals surface area contributed by atoms with Crippen molar-refractivity contribution < 1.29 is 0 Å². The molecule has 0 bridgehead atoms. The number of hydrogen-bond donors (Lipinski definition) is 1. The first-order valence-corrected chi connectivity index (χ1v) is 5.00. The van der Waals surface area contributed by atoms with Gasteiger partial charge in [0, 0.05) is 11.9 Å². The predicted octanol–water partition coefficient (Wildman–Crippen LogP) is 3.59. The summed E-state index contributed by atoms with van der Waals surface area (Å²) in [4.78, 5) is 3.67. The number of nitrogens with two attached hydrogens (primary N) is 1. The van der Waals surface area contributed by atoms with E-state index in [1.807, 2.05) is 20.8 Å². The molecule has 0 unspecified atom stereocenters. The van der Waals surface area contributed by atoms with E-state index in [4.69, 9.17) is 5.73 Å². The van der Waals surface area contributed by atoms with Gasteiger partial charge >= 0.3 is 0 Å². The van der Waals surface area contributed by atoms with E-state index in [1.165, 1.54) is 0 Å². The Bertz CT molecular complexity index is 270. The molecular weight excluding hydrogens is 184 g/mol. The smallest absolute Gasteiger partial charge is 0.0343 e. The summed E-state index contributed by atoms with van der Waals surface area (Å²) in [5.74, 6) is 0. The third-order valence-corrected chi connectivity index (χ3v) is 1.62. The Hall–Kier alpha value is -1.57. The van der Waals surface area contributed by atoms with Crippen molar-refractivity contribution in [1.29, 1.82) is 0 Å². The van der Waals surface area contributed by atoms with Crippen LogP contribution in [0.5, 0.6) is 0 Å². The summed E-state index contributed by atoms with van der Waals surface area (Å²) in [6.07, 6.45) is 5.79. The van der Waals surface area contributed by atoms with Crippen molar-refractivity contribution in [3.63, 3.8) is 0 Å². The average Bonchev–Trinajstić information content (AvgIpc) is 2.28. The van der Waals surface area contributed by atoms with Gasteiger partial charge in [0.25, 0.3) is 0 Å². The van der Waals surface area contributed by atoms with E-state index >= 15 is 0 Å². The highest BCUT2D eigenvalue weighted by molar-refractivity contribution is 5.33. The van der Waals surface area contributed by atoms with Crippen LogP contribution < -0.4 is 5.73 Å². The maximum atomic E-state index is 5.69. The Balaban J connectivity index is 0. The van der Waals surface area contributed by atoms with Crippen LogP contribution in [-0.4, -0.2) is 6.72 Å². The second kappa shape index (κ2) is 10.5. The molecule has 0 saturated carbocycles. The fourth-order valence-electron chi connectivity index (χ4n) is 0.925. The predicted molar refractivity (Wildman–Crippen MR) is 70.9 cm³/mol. The highest BCUT2D eigenvalue weighted by atomic mass is 14.6. The maximum Gasteiger partial charge on any atom is 0.0343 e. The van der Waals surface area contributed by atoms with E-state index in [1.54, 1.807) is 18.4 Å². The van der Waals surface area contributed by atoms with Crippen molar-refractivity contribution in [2.45, 2.75) is 27.2 Å². The molecular formula is C13H22N2. The minimum absolute atomic E-state index is 0.659. The third kappa shape index (κ3) is 7.50. The minimum Gasteiger partial charge on any atom is -0.399 e. The van der Waals surface area contributed by atoms with Gasteiger partial charge in [0.05, 0.1) is 0 Å². The Kier molecular flexibility index (Phi) is 11.1. The lowest BCUT2D eigenvalue weighted by Gasteiger charge is -2.04. The molecule has 0 aliphatic carbocycles. The second-order valence-electron chi connectivity index (χ2n) is 2.72. The van der Waals surface area contributed by atoms with Gasteiger partial charge in [0.2, 0.25) is 0 Å². The van der Waals surface area contributed by atoms with Crippen molar-refractivity contribution in [3.8, 4) is 0 Å². The molecule has 0 radical (unpaired) electrons. The van der Waals surface area contributed by atoms with Gasteiger partial charge in [0.15, 0.2) is 0 Å². The molecule has 0 saturated heterocycles. The van der Waals surface area contributed by atoms with Gasteiger partial charge in [-0.05, 0) is 31.7 Å². The molecule has 0 fully saturated rings. The Labute approximate surface area is 93.6 Å². The highest BCUT2D eigenvalue weighted by Gasteiger charge is 1.97. The van der Waals surface area contributed by atoms with Crippen molar-refractivity contribution >= 4 is 6.72 Å². The SMILES string of the molecule is C=C/C(N)=C(\C=C)C/C(C)=C/N=C.CC. The van der Waals surface area contributed by atoms with E-state index in [-0.39, 0.29) is 0 Å². The van der Waals surface area contributed by atoms with Crippen LogP contribution in [0, 0.1) is 0 Å². The first-order chi connectivity index (χ1) is 7.15.